The summed E-state index contributed by atoms with van der Waals surface area (Å²) in [6.45, 7) is 2.89. The molecule has 0 spiro atoms. The molecule has 1 aliphatic rings. The highest BCUT2D eigenvalue weighted by atomic mass is 15.3. The Morgan fingerprint density at radius 3 is 2.67 bits per heavy atom. The minimum atomic E-state index is 0.418. The van der Waals surface area contributed by atoms with Crippen molar-refractivity contribution in [1.29, 1.82) is 0 Å². The van der Waals surface area contributed by atoms with Crippen LogP contribution in [-0.4, -0.2) is 28.3 Å². The molecule has 2 heterocycles. The first-order chi connectivity index (χ1) is 13.3. The molecule has 3 nitrogen and oxygen atoms in total. The summed E-state index contributed by atoms with van der Waals surface area (Å²) in [5.41, 5.74) is 6.75. The van der Waals surface area contributed by atoms with E-state index in [1.165, 1.54) is 33.2 Å². The Bertz CT molecular complexity index is 1080. The van der Waals surface area contributed by atoms with E-state index in [2.05, 4.69) is 94.5 Å². The molecule has 0 bridgehead atoms. The molecule has 0 aliphatic carbocycles. The largest absolute Gasteiger partial charge is 0.301 e. The van der Waals surface area contributed by atoms with E-state index in [0.717, 1.165) is 19.6 Å². The lowest BCUT2D eigenvalue weighted by atomic mass is 9.84. The molecular formula is C24H23N3. The molecule has 5 rings (SSSR count). The van der Waals surface area contributed by atoms with Crippen molar-refractivity contribution in [1.82, 2.24) is 14.7 Å². The van der Waals surface area contributed by atoms with Gasteiger partial charge in [-0.3, -0.25) is 4.68 Å². The maximum atomic E-state index is 4.64. The molecule has 1 unspecified atom stereocenters. The molecule has 27 heavy (non-hydrogen) atoms. The fourth-order valence-electron chi connectivity index (χ4n) is 4.27. The van der Waals surface area contributed by atoms with Crippen molar-refractivity contribution in [3.05, 3.63) is 101 Å². The summed E-state index contributed by atoms with van der Waals surface area (Å²) < 4.78 is 2.09. The van der Waals surface area contributed by atoms with Crippen LogP contribution in [0.25, 0.3) is 10.9 Å². The zero-order valence-corrected chi connectivity index (χ0v) is 15.5. The van der Waals surface area contributed by atoms with Gasteiger partial charge in [0.2, 0.25) is 0 Å². The summed E-state index contributed by atoms with van der Waals surface area (Å²) >= 11 is 0. The number of fused-ring (bicyclic) bond motifs is 2. The van der Waals surface area contributed by atoms with Crippen LogP contribution in [0.3, 0.4) is 0 Å². The maximum absolute atomic E-state index is 4.64. The van der Waals surface area contributed by atoms with Gasteiger partial charge in [-0.1, -0.05) is 60.7 Å². The summed E-state index contributed by atoms with van der Waals surface area (Å²) in [5.74, 6) is 0.418. The predicted octanol–water partition coefficient (Wildman–Crippen LogP) is 4.66. The number of hydrogen-bond acceptors (Lipinski definition) is 2. The molecule has 1 aliphatic heterocycles. The van der Waals surface area contributed by atoms with Gasteiger partial charge in [0.05, 0.1) is 18.3 Å². The second kappa shape index (κ2) is 6.67. The molecular weight excluding hydrogens is 330 g/mol. The van der Waals surface area contributed by atoms with Crippen molar-refractivity contribution in [2.24, 2.45) is 0 Å². The Morgan fingerprint density at radius 1 is 0.963 bits per heavy atom. The number of rotatable bonds is 3. The number of benzene rings is 3. The number of hydrogen-bond donors (Lipinski definition) is 0. The number of aromatic nitrogens is 2. The number of likely N-dealkylation sites (N-methyl/N-ethyl adjacent to an activating group) is 1. The van der Waals surface area contributed by atoms with Gasteiger partial charge in [-0.25, -0.2) is 0 Å². The minimum Gasteiger partial charge on any atom is -0.301 e. The number of nitrogens with zero attached hydrogens (tertiary/aromatic N) is 3. The topological polar surface area (TPSA) is 21.1 Å². The first-order valence-electron chi connectivity index (χ1n) is 9.54. The molecule has 0 radical (unpaired) electrons. The predicted molar refractivity (Wildman–Crippen MR) is 110 cm³/mol. The average molecular weight is 353 g/mol. The van der Waals surface area contributed by atoms with Gasteiger partial charge < -0.3 is 4.90 Å². The van der Waals surface area contributed by atoms with E-state index < -0.39 is 0 Å². The highest BCUT2D eigenvalue weighted by Gasteiger charge is 2.24. The van der Waals surface area contributed by atoms with Crippen LogP contribution >= 0.6 is 0 Å². The Balaban J connectivity index is 1.51. The van der Waals surface area contributed by atoms with Crippen molar-refractivity contribution < 1.29 is 0 Å². The Kier molecular flexibility index (Phi) is 4.02. The van der Waals surface area contributed by atoms with E-state index in [9.17, 15) is 0 Å². The second-order valence-corrected chi connectivity index (χ2v) is 7.55. The summed E-state index contributed by atoms with van der Waals surface area (Å²) in [6, 6.07) is 26.2. The molecule has 0 amide bonds. The maximum Gasteiger partial charge on any atom is 0.0686 e. The molecule has 3 aromatic carbocycles. The Morgan fingerprint density at radius 2 is 1.78 bits per heavy atom. The molecule has 0 N–H and O–H groups in total. The third-order valence-corrected chi connectivity index (χ3v) is 5.61. The molecule has 1 aromatic heterocycles. The van der Waals surface area contributed by atoms with Crippen LogP contribution in [0.5, 0.6) is 0 Å². The van der Waals surface area contributed by atoms with Crippen LogP contribution in [0.1, 0.15) is 28.2 Å². The van der Waals surface area contributed by atoms with Crippen molar-refractivity contribution >= 4 is 10.9 Å². The van der Waals surface area contributed by atoms with Crippen molar-refractivity contribution in [3.8, 4) is 0 Å². The van der Waals surface area contributed by atoms with Gasteiger partial charge >= 0.3 is 0 Å². The molecule has 0 saturated carbocycles. The van der Waals surface area contributed by atoms with Crippen LogP contribution in [-0.2, 0) is 13.1 Å². The zero-order chi connectivity index (χ0) is 18.2. The van der Waals surface area contributed by atoms with Crippen LogP contribution in [0, 0.1) is 0 Å². The monoisotopic (exact) mass is 353 g/mol. The van der Waals surface area contributed by atoms with Crippen LogP contribution in [0.4, 0.5) is 0 Å². The van der Waals surface area contributed by atoms with E-state index in [4.69, 9.17) is 0 Å². The van der Waals surface area contributed by atoms with E-state index in [1.54, 1.807) is 0 Å². The highest BCUT2D eigenvalue weighted by molar-refractivity contribution is 5.79. The molecule has 3 heteroatoms. The lowest BCUT2D eigenvalue weighted by molar-refractivity contribution is 0.295. The van der Waals surface area contributed by atoms with Gasteiger partial charge in [0.1, 0.15) is 0 Å². The quantitative estimate of drug-likeness (QED) is 0.534. The third kappa shape index (κ3) is 3.04. The lowest BCUT2D eigenvalue weighted by Gasteiger charge is -2.32. The van der Waals surface area contributed by atoms with Crippen molar-refractivity contribution in [3.63, 3.8) is 0 Å². The Labute approximate surface area is 159 Å². The van der Waals surface area contributed by atoms with Crippen LogP contribution in [0.15, 0.2) is 79.0 Å². The van der Waals surface area contributed by atoms with E-state index in [0.29, 0.717) is 5.92 Å². The third-order valence-electron chi connectivity index (χ3n) is 5.61. The van der Waals surface area contributed by atoms with E-state index >= 15 is 0 Å². The fraction of sp³-hybridized carbons (Fsp3) is 0.208. The molecule has 0 saturated heterocycles. The van der Waals surface area contributed by atoms with Crippen LogP contribution < -0.4 is 0 Å². The summed E-state index contributed by atoms with van der Waals surface area (Å²) in [4.78, 5) is 2.41. The standard InChI is InChI=1S/C24H23N3/c1-26-16-20-9-5-6-10-22(20)23(17-26)19-11-12-24-21(13-19)14-25-27(24)15-18-7-3-2-4-8-18/h2-14,23H,15-17H2,1H3. The smallest absolute Gasteiger partial charge is 0.0686 e. The molecule has 4 aromatic rings. The summed E-state index contributed by atoms with van der Waals surface area (Å²) in [6.07, 6.45) is 2.00. The van der Waals surface area contributed by atoms with Gasteiger partial charge in [0.25, 0.3) is 0 Å². The minimum absolute atomic E-state index is 0.418. The second-order valence-electron chi connectivity index (χ2n) is 7.55. The normalized spacial score (nSPS) is 17.1. The zero-order valence-electron chi connectivity index (χ0n) is 15.5. The molecule has 0 fully saturated rings. The van der Waals surface area contributed by atoms with Gasteiger partial charge in [0.15, 0.2) is 0 Å². The highest BCUT2D eigenvalue weighted by Crippen LogP contribution is 2.34. The van der Waals surface area contributed by atoms with E-state index in [1.807, 2.05) is 6.20 Å². The first kappa shape index (κ1) is 16.3. The van der Waals surface area contributed by atoms with Crippen molar-refractivity contribution in [2.45, 2.75) is 19.0 Å². The fourth-order valence-corrected chi connectivity index (χ4v) is 4.27. The SMILES string of the molecule is CN1Cc2ccccc2C(c2ccc3c(cnn3Cc3ccccc3)c2)C1. The average Bonchev–Trinajstić information content (AvgIpc) is 3.10. The van der Waals surface area contributed by atoms with Gasteiger partial charge in [-0.2, -0.15) is 5.10 Å². The van der Waals surface area contributed by atoms with Crippen LogP contribution in [0.2, 0.25) is 0 Å². The molecule has 1 atom stereocenters. The van der Waals surface area contributed by atoms with Gasteiger partial charge in [-0.15, -0.1) is 0 Å². The van der Waals surface area contributed by atoms with Crippen molar-refractivity contribution in [2.75, 3.05) is 13.6 Å². The van der Waals surface area contributed by atoms with Gasteiger partial charge in [0, 0.05) is 24.4 Å². The van der Waals surface area contributed by atoms with Gasteiger partial charge in [-0.05, 0) is 41.4 Å². The lowest BCUT2D eigenvalue weighted by Crippen LogP contribution is -2.30. The summed E-state index contributed by atoms with van der Waals surface area (Å²) in [5, 5.41) is 5.86. The molecule has 134 valence electrons. The van der Waals surface area contributed by atoms with E-state index in [-0.39, 0.29) is 0 Å². The summed E-state index contributed by atoms with van der Waals surface area (Å²) in [7, 11) is 2.21. The Hall–Kier alpha value is -2.91. The first-order valence-corrected chi connectivity index (χ1v) is 9.54.